The minimum absolute atomic E-state index is 0.0903. The zero-order chi connectivity index (χ0) is 24.4. The quantitative estimate of drug-likeness (QED) is 0.241. The van der Waals surface area contributed by atoms with Crippen LogP contribution in [0.1, 0.15) is 30.1 Å². The minimum atomic E-state index is -0.554. The molecule has 0 spiro atoms. The van der Waals surface area contributed by atoms with Gasteiger partial charge < -0.3 is 19.0 Å². The molecule has 0 radical (unpaired) electrons. The number of oxazole rings is 1. The Morgan fingerprint density at radius 1 is 1.06 bits per heavy atom. The minimum Gasteiger partial charge on any atom is -0.454 e. The van der Waals surface area contributed by atoms with Crippen LogP contribution in [0.3, 0.4) is 0 Å². The first kappa shape index (κ1) is 23.0. The molecule has 2 unspecified atom stereocenters. The molecule has 2 bridgehead atoms. The Morgan fingerprint density at radius 3 is 2.53 bits per heavy atom. The van der Waals surface area contributed by atoms with Crippen molar-refractivity contribution >= 4 is 23.0 Å². The van der Waals surface area contributed by atoms with Gasteiger partial charge in [-0.3, -0.25) is 0 Å². The fourth-order valence-corrected chi connectivity index (χ4v) is 6.31. The van der Waals surface area contributed by atoms with Crippen molar-refractivity contribution in [3.8, 4) is 10.8 Å². The summed E-state index contributed by atoms with van der Waals surface area (Å²) >= 11 is 1.63. The number of carbonyl (C=O) groups excluding carboxylic acids is 1. The van der Waals surface area contributed by atoms with E-state index in [-0.39, 0.29) is 12.1 Å². The monoisotopic (exact) mass is 500 g/mol. The Kier molecular flexibility index (Phi) is 6.34. The molecule has 4 aromatic rings. The maximum atomic E-state index is 13.6. The van der Waals surface area contributed by atoms with Gasteiger partial charge in [-0.25, -0.2) is 9.78 Å². The summed E-state index contributed by atoms with van der Waals surface area (Å²) in [7, 11) is 0. The number of anilines is 1. The Morgan fingerprint density at radius 2 is 1.81 bits per heavy atom. The van der Waals surface area contributed by atoms with Crippen molar-refractivity contribution < 1.29 is 18.4 Å². The number of hydrogen-bond acceptors (Lipinski definition) is 6. The van der Waals surface area contributed by atoms with Gasteiger partial charge >= 0.3 is 5.97 Å². The third-order valence-corrected chi connectivity index (χ3v) is 8.40. The first-order valence-corrected chi connectivity index (χ1v) is 13.5. The van der Waals surface area contributed by atoms with Crippen molar-refractivity contribution in [1.82, 2.24) is 4.98 Å². The lowest BCUT2D eigenvalue weighted by Crippen LogP contribution is -2.64. The number of quaternary nitrogens is 1. The van der Waals surface area contributed by atoms with E-state index >= 15 is 0 Å². The summed E-state index contributed by atoms with van der Waals surface area (Å²) < 4.78 is 13.0. The number of piperidine rings is 3. The number of carbonyl (C=O) groups is 1. The van der Waals surface area contributed by atoms with Crippen LogP contribution >= 0.6 is 11.3 Å². The number of benzene rings is 2. The molecule has 7 heteroatoms. The second-order valence-electron chi connectivity index (χ2n) is 9.92. The molecular weight excluding hydrogens is 470 g/mol. The molecule has 3 aliphatic rings. The molecule has 3 fully saturated rings. The number of ether oxygens (including phenoxy) is 1. The maximum absolute atomic E-state index is 13.6. The number of aromatic nitrogens is 1. The van der Waals surface area contributed by atoms with Crippen LogP contribution in [0.2, 0.25) is 0 Å². The number of fused-ring (bicyclic) bond motifs is 3. The molecule has 3 aliphatic heterocycles. The second kappa shape index (κ2) is 9.91. The van der Waals surface area contributed by atoms with E-state index in [1.807, 2.05) is 78.2 Å². The van der Waals surface area contributed by atoms with Crippen LogP contribution in [0.4, 0.5) is 5.69 Å². The lowest BCUT2D eigenvalue weighted by molar-refractivity contribution is -0.958. The Balaban J connectivity index is 1.17. The summed E-state index contributed by atoms with van der Waals surface area (Å²) in [6.45, 7) is 3.80. The summed E-state index contributed by atoms with van der Waals surface area (Å²) in [4.78, 5) is 19.4. The average molecular weight is 501 g/mol. The van der Waals surface area contributed by atoms with Crippen molar-refractivity contribution in [3.05, 3.63) is 95.7 Å². The van der Waals surface area contributed by atoms with Crippen LogP contribution in [0.5, 0.6) is 0 Å². The van der Waals surface area contributed by atoms with E-state index in [0.29, 0.717) is 11.8 Å². The molecule has 184 valence electrons. The van der Waals surface area contributed by atoms with E-state index < -0.39 is 6.04 Å². The molecule has 7 rings (SSSR count). The smallest absolute Gasteiger partial charge is 0.333 e. The van der Waals surface area contributed by atoms with Crippen LogP contribution in [-0.2, 0) is 16.1 Å². The number of hydrogen-bond donors (Lipinski definition) is 1. The molecule has 0 aliphatic carbocycles. The highest BCUT2D eigenvalue weighted by Gasteiger charge is 2.48. The first-order chi connectivity index (χ1) is 17.7. The van der Waals surface area contributed by atoms with Gasteiger partial charge in [-0.1, -0.05) is 54.6 Å². The first-order valence-electron chi connectivity index (χ1n) is 12.6. The van der Waals surface area contributed by atoms with E-state index in [2.05, 4.69) is 5.32 Å². The zero-order valence-electron chi connectivity index (χ0n) is 20.1. The van der Waals surface area contributed by atoms with Gasteiger partial charge in [-0.2, -0.15) is 0 Å². The van der Waals surface area contributed by atoms with E-state index in [1.165, 1.54) is 0 Å². The lowest BCUT2D eigenvalue weighted by atomic mass is 9.83. The van der Waals surface area contributed by atoms with Gasteiger partial charge in [-0.15, -0.1) is 11.3 Å². The normalized spacial score (nSPS) is 23.8. The molecule has 2 aromatic carbocycles. The fourth-order valence-electron chi connectivity index (χ4n) is 5.66. The number of thiophene rings is 1. The third kappa shape index (κ3) is 4.81. The zero-order valence-corrected chi connectivity index (χ0v) is 20.9. The average Bonchev–Trinajstić information content (AvgIpc) is 3.61. The third-order valence-electron chi connectivity index (χ3n) is 7.54. The van der Waals surface area contributed by atoms with Crippen LogP contribution in [-0.4, -0.2) is 41.2 Å². The summed E-state index contributed by atoms with van der Waals surface area (Å²) in [6.07, 6.45) is 3.83. The number of nitrogens with one attached hydrogen (secondary N) is 1. The Hall–Kier alpha value is -3.42. The van der Waals surface area contributed by atoms with E-state index in [9.17, 15) is 4.79 Å². The van der Waals surface area contributed by atoms with Gasteiger partial charge in [0.2, 0.25) is 5.89 Å². The Labute approximate surface area is 215 Å². The van der Waals surface area contributed by atoms with E-state index in [4.69, 9.17) is 14.1 Å². The van der Waals surface area contributed by atoms with Crippen LogP contribution in [0.25, 0.3) is 10.8 Å². The maximum Gasteiger partial charge on any atom is 0.333 e. The van der Waals surface area contributed by atoms with Gasteiger partial charge in [-0.05, 0) is 29.1 Å². The largest absolute Gasteiger partial charge is 0.454 e. The predicted octanol–water partition coefficient (Wildman–Crippen LogP) is 5.91. The lowest BCUT2D eigenvalue weighted by Gasteiger charge is -2.51. The molecule has 2 atom stereocenters. The summed E-state index contributed by atoms with van der Waals surface area (Å²) in [5.41, 5.74) is 2.77. The molecular formula is C29H30N3O3S+. The molecule has 5 heterocycles. The molecule has 0 saturated carbocycles. The molecule has 0 amide bonds. The van der Waals surface area contributed by atoms with Gasteiger partial charge in [0, 0.05) is 24.4 Å². The van der Waals surface area contributed by atoms with E-state index in [1.54, 1.807) is 17.6 Å². The van der Waals surface area contributed by atoms with E-state index in [0.717, 1.165) is 65.3 Å². The van der Waals surface area contributed by atoms with Crippen molar-refractivity contribution in [3.63, 3.8) is 0 Å². The summed E-state index contributed by atoms with van der Waals surface area (Å²) in [5, 5.41) is 5.43. The summed E-state index contributed by atoms with van der Waals surface area (Å²) in [6, 6.07) is 23.1. The number of esters is 1. The van der Waals surface area contributed by atoms with Gasteiger partial charge in [0.1, 0.15) is 25.0 Å². The number of para-hydroxylation sites is 1. The van der Waals surface area contributed by atoms with Crippen molar-refractivity contribution in [1.29, 1.82) is 0 Å². The molecule has 2 aromatic heterocycles. The molecule has 6 nitrogen and oxygen atoms in total. The number of rotatable bonds is 8. The Bertz CT molecular complexity index is 1280. The fraction of sp³-hybridized carbons (Fsp3) is 0.310. The second-order valence-corrected chi connectivity index (χ2v) is 10.9. The molecule has 3 saturated heterocycles. The summed E-state index contributed by atoms with van der Waals surface area (Å²) in [5.74, 6) is 0.884. The topological polar surface area (TPSA) is 64.4 Å². The van der Waals surface area contributed by atoms with Crippen LogP contribution in [0, 0.1) is 5.92 Å². The van der Waals surface area contributed by atoms with Crippen molar-refractivity contribution in [2.45, 2.75) is 31.5 Å². The van der Waals surface area contributed by atoms with Gasteiger partial charge in [0.15, 0.2) is 12.1 Å². The highest BCUT2D eigenvalue weighted by molar-refractivity contribution is 7.13. The van der Waals surface area contributed by atoms with Gasteiger partial charge in [0.05, 0.1) is 18.0 Å². The van der Waals surface area contributed by atoms with Crippen LogP contribution < -0.4 is 5.32 Å². The van der Waals surface area contributed by atoms with Crippen LogP contribution in [0.15, 0.2) is 88.9 Å². The SMILES string of the molecule is O=C(OC1C[N+]2(Cc3coc(-c4cccs4)n3)CCC1CC2)C(Nc1ccccc1)c1ccccc1. The number of nitrogens with zero attached hydrogens (tertiary/aromatic N) is 2. The standard InChI is InChI=1S/C29H30N3O3S/c33-29(27(22-8-3-1-4-9-22)30-23-10-5-2-6-11-23)35-25-19-32(15-13-21(25)14-16-32)18-24-20-34-28(31-24)26-12-7-17-36-26/h1-12,17,20-21,25,27,30H,13-16,18-19H2/q+1. The molecule has 1 N–H and O–H groups in total. The van der Waals surface area contributed by atoms with Gasteiger partial charge in [0.25, 0.3) is 0 Å². The highest BCUT2D eigenvalue weighted by atomic mass is 32.1. The highest BCUT2D eigenvalue weighted by Crippen LogP contribution is 2.38. The van der Waals surface area contributed by atoms with Crippen molar-refractivity contribution in [2.75, 3.05) is 25.0 Å². The van der Waals surface area contributed by atoms with Crippen molar-refractivity contribution in [2.24, 2.45) is 5.92 Å². The predicted molar refractivity (Wildman–Crippen MR) is 140 cm³/mol. The molecule has 36 heavy (non-hydrogen) atoms.